The third-order valence-corrected chi connectivity index (χ3v) is 5.39. The van der Waals surface area contributed by atoms with Crippen LogP contribution in [0.2, 0.25) is 0 Å². The van der Waals surface area contributed by atoms with Gasteiger partial charge in [-0.05, 0) is 37.3 Å². The Balaban J connectivity index is 1.47. The number of ether oxygens (including phenoxy) is 2. The van der Waals surface area contributed by atoms with Gasteiger partial charge in [-0.3, -0.25) is 4.79 Å². The zero-order valence-corrected chi connectivity index (χ0v) is 17.9. The van der Waals surface area contributed by atoms with Gasteiger partial charge in [0.2, 0.25) is 5.91 Å². The number of nitrogens with zero attached hydrogens (tertiary/aromatic N) is 2. The number of carbonyl (C=O) groups excluding carboxylic acids is 1. The Morgan fingerprint density at radius 1 is 0.903 bits per heavy atom. The number of methoxy groups -OCH3 is 2. The van der Waals surface area contributed by atoms with E-state index >= 15 is 0 Å². The van der Waals surface area contributed by atoms with Crippen LogP contribution < -0.4 is 14.9 Å². The number of carbonyl (C=O) groups is 1. The standard InChI is InChI=1S/C25H25N3O3/c1-17(18-12-13-23(30-2)24(16-18)31-3)26-27-25(29)14-15-28-21-10-6-4-8-19(21)20-9-5-7-11-22(20)28/h4-13,16H,14-15H2,1-3H3,(H,27,29). The monoisotopic (exact) mass is 415 g/mol. The summed E-state index contributed by atoms with van der Waals surface area (Å²) in [5.74, 6) is 1.13. The second-order valence-electron chi connectivity index (χ2n) is 7.24. The third kappa shape index (κ3) is 4.10. The lowest BCUT2D eigenvalue weighted by Crippen LogP contribution is -2.20. The number of amides is 1. The van der Waals surface area contributed by atoms with Crippen molar-refractivity contribution in [3.63, 3.8) is 0 Å². The van der Waals surface area contributed by atoms with Gasteiger partial charge < -0.3 is 14.0 Å². The minimum atomic E-state index is -0.137. The van der Waals surface area contributed by atoms with Crippen LogP contribution in [-0.2, 0) is 11.3 Å². The summed E-state index contributed by atoms with van der Waals surface area (Å²) in [5.41, 5.74) is 6.46. The van der Waals surface area contributed by atoms with Gasteiger partial charge in [0.15, 0.2) is 11.5 Å². The van der Waals surface area contributed by atoms with Crippen LogP contribution in [0.25, 0.3) is 21.8 Å². The molecular formula is C25H25N3O3. The van der Waals surface area contributed by atoms with E-state index in [1.54, 1.807) is 14.2 Å². The smallest absolute Gasteiger partial charge is 0.241 e. The highest BCUT2D eigenvalue weighted by Crippen LogP contribution is 2.29. The summed E-state index contributed by atoms with van der Waals surface area (Å²) in [7, 11) is 3.18. The molecule has 6 heteroatoms. The lowest BCUT2D eigenvalue weighted by atomic mass is 10.1. The van der Waals surface area contributed by atoms with E-state index in [2.05, 4.69) is 39.4 Å². The van der Waals surface area contributed by atoms with E-state index in [1.807, 2.05) is 49.4 Å². The first-order valence-electron chi connectivity index (χ1n) is 10.1. The number of benzene rings is 3. The average Bonchev–Trinajstić information content (AvgIpc) is 3.14. The number of hydrogen-bond donors (Lipinski definition) is 1. The molecule has 1 N–H and O–H groups in total. The summed E-state index contributed by atoms with van der Waals surface area (Å²) >= 11 is 0. The van der Waals surface area contributed by atoms with Gasteiger partial charge in [-0.25, -0.2) is 5.43 Å². The van der Waals surface area contributed by atoms with E-state index in [4.69, 9.17) is 9.47 Å². The van der Waals surface area contributed by atoms with E-state index in [-0.39, 0.29) is 5.91 Å². The molecule has 1 heterocycles. The summed E-state index contributed by atoms with van der Waals surface area (Å²) in [6, 6.07) is 22.1. The van der Waals surface area contributed by atoms with Crippen LogP contribution in [0, 0.1) is 0 Å². The Morgan fingerprint density at radius 2 is 1.52 bits per heavy atom. The highest BCUT2D eigenvalue weighted by atomic mass is 16.5. The minimum Gasteiger partial charge on any atom is -0.493 e. The topological polar surface area (TPSA) is 64.8 Å². The maximum atomic E-state index is 12.5. The van der Waals surface area contributed by atoms with Crippen molar-refractivity contribution in [2.24, 2.45) is 5.10 Å². The molecule has 0 saturated heterocycles. The summed E-state index contributed by atoms with van der Waals surface area (Å²) in [6.07, 6.45) is 0.325. The van der Waals surface area contributed by atoms with Gasteiger partial charge in [0.05, 0.1) is 19.9 Å². The summed E-state index contributed by atoms with van der Waals surface area (Å²) in [4.78, 5) is 12.5. The van der Waals surface area contributed by atoms with Crippen molar-refractivity contribution in [3.05, 3.63) is 72.3 Å². The fourth-order valence-electron chi connectivity index (χ4n) is 3.79. The average molecular weight is 415 g/mol. The Hall–Kier alpha value is -3.80. The van der Waals surface area contributed by atoms with Crippen molar-refractivity contribution in [1.29, 1.82) is 0 Å². The maximum Gasteiger partial charge on any atom is 0.241 e. The molecule has 6 nitrogen and oxygen atoms in total. The molecule has 0 spiro atoms. The SMILES string of the molecule is COc1ccc(C(C)=NNC(=O)CCn2c3ccccc3c3ccccc32)cc1OC. The molecule has 0 aliphatic carbocycles. The van der Waals surface area contributed by atoms with Crippen LogP contribution in [0.3, 0.4) is 0 Å². The molecule has 0 aliphatic heterocycles. The van der Waals surface area contributed by atoms with E-state index in [1.165, 1.54) is 10.8 Å². The Bertz CT molecular complexity index is 1220. The summed E-state index contributed by atoms with van der Waals surface area (Å²) in [5, 5.41) is 6.65. The number of aryl methyl sites for hydroxylation is 1. The molecule has 158 valence electrons. The van der Waals surface area contributed by atoms with Gasteiger partial charge in [0.1, 0.15) is 0 Å². The summed E-state index contributed by atoms with van der Waals surface area (Å²) in [6.45, 7) is 2.42. The molecule has 31 heavy (non-hydrogen) atoms. The van der Waals surface area contributed by atoms with Crippen molar-refractivity contribution < 1.29 is 14.3 Å². The molecule has 1 aromatic heterocycles. The number of fused-ring (bicyclic) bond motifs is 3. The molecule has 0 bridgehead atoms. The van der Waals surface area contributed by atoms with E-state index in [0.29, 0.717) is 30.2 Å². The minimum absolute atomic E-state index is 0.137. The van der Waals surface area contributed by atoms with Crippen molar-refractivity contribution >= 4 is 33.4 Å². The zero-order valence-electron chi connectivity index (χ0n) is 17.9. The molecule has 0 radical (unpaired) electrons. The van der Waals surface area contributed by atoms with Crippen molar-refractivity contribution in [2.75, 3.05) is 14.2 Å². The third-order valence-electron chi connectivity index (χ3n) is 5.39. The number of aromatic nitrogens is 1. The molecule has 3 aromatic carbocycles. The molecular weight excluding hydrogens is 390 g/mol. The first-order valence-corrected chi connectivity index (χ1v) is 10.1. The quantitative estimate of drug-likeness (QED) is 0.350. The zero-order chi connectivity index (χ0) is 21.8. The van der Waals surface area contributed by atoms with Crippen LogP contribution >= 0.6 is 0 Å². The van der Waals surface area contributed by atoms with Crippen LogP contribution in [0.5, 0.6) is 11.5 Å². The first-order chi connectivity index (χ1) is 15.1. The van der Waals surface area contributed by atoms with Gasteiger partial charge in [0, 0.05) is 40.3 Å². The Kier molecular flexibility index (Phi) is 5.89. The van der Waals surface area contributed by atoms with Crippen LogP contribution in [0.1, 0.15) is 18.9 Å². The molecule has 4 aromatic rings. The predicted molar refractivity (Wildman–Crippen MR) is 124 cm³/mol. The fourth-order valence-corrected chi connectivity index (χ4v) is 3.79. The molecule has 0 saturated carbocycles. The van der Waals surface area contributed by atoms with Crippen molar-refractivity contribution in [2.45, 2.75) is 19.9 Å². The Morgan fingerprint density at radius 3 is 2.13 bits per heavy atom. The van der Waals surface area contributed by atoms with Crippen molar-refractivity contribution in [1.82, 2.24) is 9.99 Å². The second kappa shape index (κ2) is 8.92. The number of rotatable bonds is 7. The number of para-hydroxylation sites is 2. The molecule has 0 aliphatic rings. The van der Waals surface area contributed by atoms with Gasteiger partial charge >= 0.3 is 0 Å². The molecule has 0 atom stereocenters. The van der Waals surface area contributed by atoms with E-state index in [0.717, 1.165) is 16.6 Å². The van der Waals surface area contributed by atoms with Gasteiger partial charge in [0.25, 0.3) is 0 Å². The first kappa shape index (κ1) is 20.5. The van der Waals surface area contributed by atoms with Crippen LogP contribution in [-0.4, -0.2) is 30.4 Å². The van der Waals surface area contributed by atoms with Gasteiger partial charge in [-0.15, -0.1) is 0 Å². The maximum absolute atomic E-state index is 12.5. The Labute approximate surface area is 181 Å². The predicted octanol–water partition coefficient (Wildman–Crippen LogP) is 4.74. The number of nitrogens with one attached hydrogen (secondary N) is 1. The highest BCUT2D eigenvalue weighted by molar-refractivity contribution is 6.08. The summed E-state index contributed by atoms with van der Waals surface area (Å²) < 4.78 is 12.8. The molecule has 0 fully saturated rings. The van der Waals surface area contributed by atoms with E-state index in [9.17, 15) is 4.79 Å². The lowest BCUT2D eigenvalue weighted by Gasteiger charge is -2.10. The normalized spacial score (nSPS) is 11.6. The molecule has 4 rings (SSSR count). The van der Waals surface area contributed by atoms with Crippen LogP contribution in [0.4, 0.5) is 0 Å². The molecule has 1 amide bonds. The highest BCUT2D eigenvalue weighted by Gasteiger charge is 2.11. The van der Waals surface area contributed by atoms with Gasteiger partial charge in [-0.1, -0.05) is 36.4 Å². The van der Waals surface area contributed by atoms with Crippen molar-refractivity contribution in [3.8, 4) is 11.5 Å². The fraction of sp³-hybridized carbons (Fsp3) is 0.200. The van der Waals surface area contributed by atoms with Gasteiger partial charge in [-0.2, -0.15) is 5.10 Å². The second-order valence-corrected chi connectivity index (χ2v) is 7.24. The van der Waals surface area contributed by atoms with E-state index < -0.39 is 0 Å². The lowest BCUT2D eigenvalue weighted by molar-refractivity contribution is -0.121. The molecule has 0 unspecified atom stereocenters. The number of hydrazone groups is 1. The van der Waals surface area contributed by atoms with Crippen LogP contribution in [0.15, 0.2) is 71.8 Å². The largest absolute Gasteiger partial charge is 0.493 e. The number of hydrogen-bond acceptors (Lipinski definition) is 4.